The summed E-state index contributed by atoms with van der Waals surface area (Å²) in [5, 5.41) is 6.62. The number of carbonyl (C=O) groups is 2. The minimum Gasteiger partial charge on any atom is -0.325 e. The predicted molar refractivity (Wildman–Crippen MR) is 131 cm³/mol. The molecule has 0 saturated carbocycles. The van der Waals surface area contributed by atoms with Gasteiger partial charge in [-0.3, -0.25) is 9.59 Å². The van der Waals surface area contributed by atoms with E-state index in [-0.39, 0.29) is 17.1 Å². The first-order valence-corrected chi connectivity index (χ1v) is 12.4. The molecule has 31 heavy (non-hydrogen) atoms. The number of thioether (sulfide) groups is 2. The van der Waals surface area contributed by atoms with Crippen LogP contribution in [-0.2, 0) is 9.59 Å². The molecule has 6 nitrogen and oxygen atoms in total. The second-order valence-electron chi connectivity index (χ2n) is 6.36. The first kappa shape index (κ1) is 23.9. The van der Waals surface area contributed by atoms with E-state index in [9.17, 15) is 9.59 Å². The van der Waals surface area contributed by atoms with Crippen LogP contribution in [0.15, 0.2) is 58.0 Å². The third-order valence-corrected chi connectivity index (χ3v) is 7.38. The van der Waals surface area contributed by atoms with Gasteiger partial charge in [0.1, 0.15) is 0 Å². The minimum absolute atomic E-state index is 0.146. The second-order valence-corrected chi connectivity index (χ2v) is 10.9. The zero-order chi connectivity index (χ0) is 22.4. The molecule has 0 aliphatic heterocycles. The normalized spacial score (nSPS) is 12.8. The fraction of sp³-hybridized carbons (Fsp3) is 0.200. The molecule has 0 fully saturated rings. The summed E-state index contributed by atoms with van der Waals surface area (Å²) in [4.78, 5) is 29.2. The van der Waals surface area contributed by atoms with Crippen molar-refractivity contribution in [3.8, 4) is 0 Å². The molecular weight excluding hydrogens is 495 g/mol. The van der Waals surface area contributed by atoms with Gasteiger partial charge in [-0.15, -0.1) is 0 Å². The van der Waals surface area contributed by atoms with Crippen molar-refractivity contribution in [3.05, 3.63) is 58.6 Å². The number of carbonyl (C=O) groups excluding carboxylic acids is 2. The molecule has 0 aliphatic rings. The van der Waals surface area contributed by atoms with Gasteiger partial charge in [-0.1, -0.05) is 46.7 Å². The Bertz CT molecular complexity index is 963. The molecule has 2 aromatic carbocycles. The van der Waals surface area contributed by atoms with Gasteiger partial charge < -0.3 is 10.6 Å². The van der Waals surface area contributed by atoms with Crippen LogP contribution >= 0.6 is 58.3 Å². The van der Waals surface area contributed by atoms with Gasteiger partial charge in [0, 0.05) is 21.4 Å². The van der Waals surface area contributed by atoms with Gasteiger partial charge in [0.2, 0.25) is 17.0 Å². The third-order valence-electron chi connectivity index (χ3n) is 3.91. The highest BCUT2D eigenvalue weighted by Gasteiger charge is 2.20. The Morgan fingerprint density at radius 3 is 1.77 bits per heavy atom. The lowest BCUT2D eigenvalue weighted by Crippen LogP contribution is -2.22. The van der Waals surface area contributed by atoms with Crippen molar-refractivity contribution in [2.75, 3.05) is 10.6 Å². The van der Waals surface area contributed by atoms with Crippen molar-refractivity contribution in [1.82, 2.24) is 9.36 Å². The summed E-state index contributed by atoms with van der Waals surface area (Å²) in [6, 6.07) is 13.8. The van der Waals surface area contributed by atoms with Crippen LogP contribution < -0.4 is 10.6 Å². The van der Waals surface area contributed by atoms with Crippen molar-refractivity contribution in [2.24, 2.45) is 0 Å². The smallest absolute Gasteiger partial charge is 0.237 e. The number of rotatable bonds is 8. The van der Waals surface area contributed by atoms with Gasteiger partial charge in [0.05, 0.1) is 10.5 Å². The number of benzene rings is 2. The van der Waals surface area contributed by atoms with Crippen LogP contribution in [0.4, 0.5) is 11.4 Å². The van der Waals surface area contributed by atoms with Crippen LogP contribution in [-0.4, -0.2) is 31.7 Å². The zero-order valence-electron chi connectivity index (χ0n) is 16.5. The molecule has 0 radical (unpaired) electrons. The topological polar surface area (TPSA) is 84.0 Å². The van der Waals surface area contributed by atoms with Gasteiger partial charge in [0.15, 0.2) is 4.34 Å². The fourth-order valence-corrected chi connectivity index (χ4v) is 5.19. The molecular formula is C20H18Cl2N4O2S3. The fourth-order valence-electron chi connectivity index (χ4n) is 2.26. The number of amides is 2. The number of hydrogen-bond acceptors (Lipinski definition) is 7. The highest BCUT2D eigenvalue weighted by atomic mass is 35.5. The highest BCUT2D eigenvalue weighted by Crippen LogP contribution is 2.30. The average molecular weight is 513 g/mol. The van der Waals surface area contributed by atoms with Crippen LogP contribution in [0, 0.1) is 0 Å². The molecule has 1 aromatic heterocycles. The molecule has 2 amide bonds. The van der Waals surface area contributed by atoms with Crippen molar-refractivity contribution >= 4 is 81.4 Å². The van der Waals surface area contributed by atoms with Crippen molar-refractivity contribution in [3.63, 3.8) is 0 Å². The van der Waals surface area contributed by atoms with E-state index in [1.807, 2.05) is 0 Å². The molecule has 2 atom stereocenters. The Balaban J connectivity index is 1.50. The van der Waals surface area contributed by atoms with Crippen molar-refractivity contribution in [1.29, 1.82) is 0 Å². The van der Waals surface area contributed by atoms with Gasteiger partial charge in [0.25, 0.3) is 0 Å². The number of nitrogens with zero attached hydrogens (tertiary/aromatic N) is 2. The maximum absolute atomic E-state index is 12.4. The quantitative estimate of drug-likeness (QED) is 0.355. The standard InChI is InChI=1S/C20H18Cl2N4O2S3/c1-11(17(27)23-15-7-3-13(21)4-8-15)29-19-25-20(31-26-19)30-12(2)18(28)24-16-9-5-14(22)6-10-16/h3-12H,1-2H3,(H,23,27)(H,24,28)/t11-,12+/m0/s1. The molecule has 162 valence electrons. The van der Waals surface area contributed by atoms with Crippen LogP contribution in [0.25, 0.3) is 0 Å². The van der Waals surface area contributed by atoms with Gasteiger partial charge in [-0.2, -0.15) is 4.37 Å². The van der Waals surface area contributed by atoms with E-state index in [4.69, 9.17) is 23.2 Å². The highest BCUT2D eigenvalue weighted by molar-refractivity contribution is 8.02. The lowest BCUT2D eigenvalue weighted by Gasteiger charge is -2.10. The molecule has 11 heteroatoms. The summed E-state index contributed by atoms with van der Waals surface area (Å²) in [6.07, 6.45) is 0. The second kappa shape index (κ2) is 11.2. The van der Waals surface area contributed by atoms with Crippen molar-refractivity contribution < 1.29 is 9.59 Å². The Morgan fingerprint density at radius 1 is 0.839 bits per heavy atom. The number of aromatic nitrogens is 2. The Hall–Kier alpha value is -1.78. The molecule has 0 saturated heterocycles. The number of nitrogens with one attached hydrogen (secondary N) is 2. The van der Waals surface area contributed by atoms with E-state index < -0.39 is 5.25 Å². The molecule has 3 rings (SSSR count). The summed E-state index contributed by atoms with van der Waals surface area (Å²) in [5.41, 5.74) is 1.35. The van der Waals surface area contributed by atoms with Gasteiger partial charge in [-0.05, 0) is 73.9 Å². The van der Waals surface area contributed by atoms with Crippen LogP contribution in [0.1, 0.15) is 13.8 Å². The van der Waals surface area contributed by atoms with Crippen LogP contribution in [0.5, 0.6) is 0 Å². The molecule has 0 bridgehead atoms. The van der Waals surface area contributed by atoms with E-state index in [1.54, 1.807) is 62.4 Å². The summed E-state index contributed by atoms with van der Waals surface area (Å²) >= 11 is 15.5. The Kier molecular flexibility index (Phi) is 8.62. The van der Waals surface area contributed by atoms with Gasteiger partial charge in [-0.25, -0.2) is 4.98 Å². The molecule has 2 N–H and O–H groups in total. The van der Waals surface area contributed by atoms with E-state index >= 15 is 0 Å². The molecule has 0 spiro atoms. The van der Waals surface area contributed by atoms with Gasteiger partial charge >= 0.3 is 0 Å². The predicted octanol–water partition coefficient (Wildman–Crippen LogP) is 6.08. The van der Waals surface area contributed by atoms with Crippen molar-refractivity contribution in [2.45, 2.75) is 33.8 Å². The lowest BCUT2D eigenvalue weighted by molar-refractivity contribution is -0.116. The number of anilines is 2. The largest absolute Gasteiger partial charge is 0.325 e. The molecule has 1 heterocycles. The number of halogens is 2. The first-order chi connectivity index (χ1) is 14.8. The lowest BCUT2D eigenvalue weighted by atomic mass is 10.3. The third kappa shape index (κ3) is 7.40. The molecule has 0 unspecified atom stereocenters. The van der Waals surface area contributed by atoms with E-state index in [1.165, 1.54) is 35.1 Å². The Morgan fingerprint density at radius 2 is 1.29 bits per heavy atom. The Labute approximate surface area is 202 Å². The first-order valence-electron chi connectivity index (χ1n) is 9.10. The van der Waals surface area contributed by atoms with Crippen LogP contribution in [0.2, 0.25) is 10.0 Å². The molecule has 3 aromatic rings. The number of hydrogen-bond donors (Lipinski definition) is 2. The summed E-state index contributed by atoms with van der Waals surface area (Å²) in [7, 11) is 0. The average Bonchev–Trinajstić information content (AvgIpc) is 3.17. The van der Waals surface area contributed by atoms with Crippen LogP contribution in [0.3, 0.4) is 0 Å². The van der Waals surface area contributed by atoms with E-state index in [0.717, 1.165) is 0 Å². The summed E-state index contributed by atoms with van der Waals surface area (Å²) in [5.74, 6) is -0.306. The van der Waals surface area contributed by atoms with E-state index in [2.05, 4.69) is 20.0 Å². The maximum atomic E-state index is 12.4. The summed E-state index contributed by atoms with van der Waals surface area (Å²) in [6.45, 7) is 3.58. The minimum atomic E-state index is -0.395. The van der Waals surface area contributed by atoms with E-state index in [0.29, 0.717) is 30.9 Å². The molecule has 0 aliphatic carbocycles. The summed E-state index contributed by atoms with van der Waals surface area (Å²) < 4.78 is 4.95. The SMILES string of the molecule is C[C@H](Sc1nsc(S[C@H](C)C(=O)Nc2ccc(Cl)cc2)n1)C(=O)Nc1ccc(Cl)cc1. The monoisotopic (exact) mass is 512 g/mol. The maximum Gasteiger partial charge on any atom is 0.237 e. The zero-order valence-corrected chi connectivity index (χ0v) is 20.4.